The Morgan fingerprint density at radius 3 is 2.62 bits per heavy atom. The van der Waals surface area contributed by atoms with Crippen LogP contribution in [0.4, 0.5) is 0 Å². The average Bonchev–Trinajstić information content (AvgIpc) is 2.35. The van der Waals surface area contributed by atoms with Crippen LogP contribution in [0.2, 0.25) is 0 Å². The zero-order valence-electron chi connectivity index (χ0n) is 9.20. The molecule has 2 rings (SSSR count). The molecule has 0 radical (unpaired) electrons. The highest BCUT2D eigenvalue weighted by Crippen LogP contribution is 2.19. The lowest BCUT2D eigenvalue weighted by molar-refractivity contribution is 1.19. The van der Waals surface area contributed by atoms with Gasteiger partial charge in [0.1, 0.15) is 0 Å². The van der Waals surface area contributed by atoms with E-state index in [0.717, 1.165) is 12.8 Å². The zero-order valence-corrected chi connectivity index (χ0v) is 9.95. The third-order valence-electron chi connectivity index (χ3n) is 2.66. The van der Waals surface area contributed by atoms with E-state index >= 15 is 0 Å². The lowest BCUT2D eigenvalue weighted by atomic mass is 10.0. The highest BCUT2D eigenvalue weighted by molar-refractivity contribution is 6.17. The molecule has 0 amide bonds. The van der Waals surface area contributed by atoms with Crippen molar-refractivity contribution in [2.75, 3.05) is 5.88 Å². The first-order valence-electron chi connectivity index (χ1n) is 5.59. The number of hydrogen-bond acceptors (Lipinski definition) is 0. The molecular weight excluding hydrogens is 216 g/mol. The van der Waals surface area contributed by atoms with Gasteiger partial charge in [0.05, 0.1) is 0 Å². The van der Waals surface area contributed by atoms with Crippen LogP contribution < -0.4 is 0 Å². The highest BCUT2D eigenvalue weighted by Gasteiger charge is 1.97. The van der Waals surface area contributed by atoms with Crippen LogP contribution in [-0.2, 0) is 6.42 Å². The van der Waals surface area contributed by atoms with Crippen LogP contribution in [0, 0.1) is 0 Å². The van der Waals surface area contributed by atoms with E-state index in [4.69, 9.17) is 11.6 Å². The van der Waals surface area contributed by atoms with E-state index in [0.29, 0.717) is 5.88 Å². The number of fused-ring (bicyclic) bond motifs is 1. The fraction of sp³-hybridized carbons (Fsp3) is 0.200. The van der Waals surface area contributed by atoms with Gasteiger partial charge in [0.2, 0.25) is 0 Å². The second-order valence-corrected chi connectivity index (χ2v) is 4.17. The minimum Gasteiger partial charge on any atom is -0.126 e. The molecule has 0 spiro atoms. The molecule has 0 bridgehead atoms. The van der Waals surface area contributed by atoms with Crippen molar-refractivity contribution >= 4 is 22.4 Å². The summed E-state index contributed by atoms with van der Waals surface area (Å²) in [5, 5.41) is 2.66. The van der Waals surface area contributed by atoms with Gasteiger partial charge < -0.3 is 0 Å². The lowest BCUT2D eigenvalue weighted by Gasteiger charge is -2.03. The smallest absolute Gasteiger partial charge is 0.0258 e. The van der Waals surface area contributed by atoms with Gasteiger partial charge in [0, 0.05) is 5.88 Å². The van der Waals surface area contributed by atoms with Gasteiger partial charge in [0.15, 0.2) is 0 Å². The number of benzene rings is 2. The first kappa shape index (κ1) is 11.2. The Labute approximate surface area is 102 Å². The lowest BCUT2D eigenvalue weighted by Crippen LogP contribution is -1.83. The molecule has 0 aliphatic carbocycles. The van der Waals surface area contributed by atoms with Crippen LogP contribution in [0.15, 0.2) is 54.6 Å². The predicted octanol–water partition coefficient (Wildman–Crippen LogP) is 4.57. The first-order chi connectivity index (χ1) is 7.92. The van der Waals surface area contributed by atoms with Crippen LogP contribution in [0.5, 0.6) is 0 Å². The number of alkyl halides is 1. The summed E-state index contributed by atoms with van der Waals surface area (Å²) >= 11 is 5.63. The summed E-state index contributed by atoms with van der Waals surface area (Å²) in [5.41, 5.74) is 1.38. The number of halogens is 1. The van der Waals surface area contributed by atoms with Crippen molar-refractivity contribution in [3.05, 3.63) is 60.2 Å². The molecule has 1 heteroatoms. The molecule has 0 atom stereocenters. The van der Waals surface area contributed by atoms with E-state index in [2.05, 4.69) is 54.6 Å². The topological polar surface area (TPSA) is 0 Å². The molecule has 2 aromatic rings. The highest BCUT2D eigenvalue weighted by atomic mass is 35.5. The van der Waals surface area contributed by atoms with E-state index in [-0.39, 0.29) is 0 Å². The Hall–Kier alpha value is -1.27. The molecule has 16 heavy (non-hydrogen) atoms. The SMILES string of the molecule is ClCCC=CCc1cccc2ccccc12. The van der Waals surface area contributed by atoms with Crippen molar-refractivity contribution in [3.8, 4) is 0 Å². The minimum absolute atomic E-state index is 0.700. The first-order valence-corrected chi connectivity index (χ1v) is 6.13. The fourth-order valence-electron chi connectivity index (χ4n) is 1.86. The third-order valence-corrected chi connectivity index (χ3v) is 2.88. The Balaban J connectivity index is 2.23. The largest absolute Gasteiger partial charge is 0.126 e. The summed E-state index contributed by atoms with van der Waals surface area (Å²) in [4.78, 5) is 0. The maximum atomic E-state index is 5.63. The monoisotopic (exact) mass is 230 g/mol. The standard InChI is InChI=1S/C15H15Cl/c16-12-5-1-2-7-13-9-6-10-14-8-3-4-11-15(13)14/h1-4,6,8-11H,5,7,12H2. The number of rotatable bonds is 4. The van der Waals surface area contributed by atoms with Crippen LogP contribution in [0.3, 0.4) is 0 Å². The second kappa shape index (κ2) is 5.72. The summed E-state index contributed by atoms with van der Waals surface area (Å²) in [6, 6.07) is 15.0. The van der Waals surface area contributed by atoms with Gasteiger partial charge >= 0.3 is 0 Å². The van der Waals surface area contributed by atoms with Crippen molar-refractivity contribution in [2.24, 2.45) is 0 Å². The van der Waals surface area contributed by atoms with E-state index in [1.807, 2.05) is 0 Å². The molecule has 0 saturated heterocycles. The molecule has 0 fully saturated rings. The van der Waals surface area contributed by atoms with Crippen molar-refractivity contribution in [1.29, 1.82) is 0 Å². The Kier molecular flexibility index (Phi) is 4.01. The molecule has 0 saturated carbocycles. The number of hydrogen-bond donors (Lipinski definition) is 0. The van der Waals surface area contributed by atoms with Gasteiger partial charge in [-0.2, -0.15) is 0 Å². The number of allylic oxidation sites excluding steroid dienone is 2. The van der Waals surface area contributed by atoms with Gasteiger partial charge in [-0.1, -0.05) is 54.6 Å². The fourth-order valence-corrected chi connectivity index (χ4v) is 1.99. The Bertz CT molecular complexity index is 480. The van der Waals surface area contributed by atoms with Crippen LogP contribution in [0.1, 0.15) is 12.0 Å². The van der Waals surface area contributed by atoms with Crippen molar-refractivity contribution in [3.63, 3.8) is 0 Å². The van der Waals surface area contributed by atoms with Gasteiger partial charge in [-0.3, -0.25) is 0 Å². The maximum Gasteiger partial charge on any atom is 0.0258 e. The Morgan fingerprint density at radius 1 is 0.938 bits per heavy atom. The van der Waals surface area contributed by atoms with Gasteiger partial charge in [-0.05, 0) is 29.2 Å². The molecule has 0 unspecified atom stereocenters. The summed E-state index contributed by atoms with van der Waals surface area (Å²) in [7, 11) is 0. The third kappa shape index (κ3) is 2.65. The van der Waals surface area contributed by atoms with E-state index in [9.17, 15) is 0 Å². The normalized spacial score (nSPS) is 11.3. The van der Waals surface area contributed by atoms with Gasteiger partial charge in [0.25, 0.3) is 0 Å². The Morgan fingerprint density at radius 2 is 1.75 bits per heavy atom. The van der Waals surface area contributed by atoms with E-state index in [1.54, 1.807) is 0 Å². The molecule has 0 aromatic heterocycles. The molecule has 0 aliphatic heterocycles. The molecule has 0 aliphatic rings. The van der Waals surface area contributed by atoms with E-state index in [1.165, 1.54) is 16.3 Å². The van der Waals surface area contributed by atoms with Gasteiger partial charge in [-0.15, -0.1) is 11.6 Å². The van der Waals surface area contributed by atoms with Crippen molar-refractivity contribution in [2.45, 2.75) is 12.8 Å². The van der Waals surface area contributed by atoms with E-state index < -0.39 is 0 Å². The molecule has 0 N–H and O–H groups in total. The van der Waals surface area contributed by atoms with Crippen LogP contribution >= 0.6 is 11.6 Å². The molecule has 82 valence electrons. The van der Waals surface area contributed by atoms with Gasteiger partial charge in [-0.25, -0.2) is 0 Å². The zero-order chi connectivity index (χ0) is 11.2. The predicted molar refractivity (Wildman–Crippen MR) is 72.1 cm³/mol. The summed E-state index contributed by atoms with van der Waals surface area (Å²) < 4.78 is 0. The minimum atomic E-state index is 0.700. The quantitative estimate of drug-likeness (QED) is 0.533. The van der Waals surface area contributed by atoms with Crippen molar-refractivity contribution in [1.82, 2.24) is 0 Å². The van der Waals surface area contributed by atoms with Crippen molar-refractivity contribution < 1.29 is 0 Å². The summed E-state index contributed by atoms with van der Waals surface area (Å²) in [6.45, 7) is 0. The van der Waals surface area contributed by atoms with Crippen LogP contribution in [0.25, 0.3) is 10.8 Å². The molecule has 2 aromatic carbocycles. The molecular formula is C15H15Cl. The maximum absolute atomic E-state index is 5.63. The van der Waals surface area contributed by atoms with Crippen LogP contribution in [-0.4, -0.2) is 5.88 Å². The summed E-state index contributed by atoms with van der Waals surface area (Å²) in [6.07, 6.45) is 6.28. The summed E-state index contributed by atoms with van der Waals surface area (Å²) in [5.74, 6) is 0.700. The second-order valence-electron chi connectivity index (χ2n) is 3.79. The molecule has 0 heterocycles. The average molecular weight is 231 g/mol. The molecule has 0 nitrogen and oxygen atoms in total.